The predicted octanol–water partition coefficient (Wildman–Crippen LogP) is 0.667. The Morgan fingerprint density at radius 3 is 2.83 bits per heavy atom. The van der Waals surface area contributed by atoms with E-state index in [4.69, 9.17) is 10.4 Å². The molecule has 8 nitrogen and oxygen atoms in total. The van der Waals surface area contributed by atoms with Crippen molar-refractivity contribution in [2.75, 3.05) is 12.3 Å². The quantitative estimate of drug-likeness (QED) is 0.342. The van der Waals surface area contributed by atoms with Crippen LogP contribution in [-0.4, -0.2) is 39.2 Å². The van der Waals surface area contributed by atoms with Crippen molar-refractivity contribution in [1.29, 1.82) is 5.26 Å². The molecule has 0 atom stereocenters. The van der Waals surface area contributed by atoms with Gasteiger partial charge in [-0.1, -0.05) is 25.1 Å². The first kappa shape index (κ1) is 18.7. The van der Waals surface area contributed by atoms with Crippen LogP contribution in [0, 0.1) is 11.3 Å². The summed E-state index contributed by atoms with van der Waals surface area (Å²) in [6, 6.07) is 1.84. The lowest BCUT2D eigenvalue weighted by atomic mass is 10.1. The normalized spacial score (nSPS) is 10.1. The largest absolute Gasteiger partial charge is 0.481 e. The molecule has 124 valence electrons. The standard InChI is InChI=1S/C14H18N4O4S/c1-2-4-10-9(7-15)13(22)18-14(17-10)23-8-11(19)16-6-3-5-12(20)21/h2-6,8H2,1H3,(H,16,19)(H,20,21)(H,17,18,22). The minimum atomic E-state index is -0.906. The van der Waals surface area contributed by atoms with Crippen LogP contribution in [0.4, 0.5) is 0 Å². The highest BCUT2D eigenvalue weighted by Gasteiger charge is 2.12. The van der Waals surface area contributed by atoms with Gasteiger partial charge in [-0.05, 0) is 12.8 Å². The minimum absolute atomic E-state index is 0.00169. The lowest BCUT2D eigenvalue weighted by Crippen LogP contribution is -2.27. The third-order valence-corrected chi connectivity index (χ3v) is 3.67. The van der Waals surface area contributed by atoms with Crippen LogP contribution in [0.5, 0.6) is 0 Å². The molecule has 23 heavy (non-hydrogen) atoms. The lowest BCUT2D eigenvalue weighted by Gasteiger charge is -2.06. The Labute approximate surface area is 137 Å². The summed E-state index contributed by atoms with van der Waals surface area (Å²) >= 11 is 1.06. The van der Waals surface area contributed by atoms with E-state index in [0.29, 0.717) is 18.5 Å². The first-order chi connectivity index (χ1) is 11.0. The number of carboxylic acids is 1. The number of carbonyl (C=O) groups is 2. The molecular weight excluding hydrogens is 320 g/mol. The number of amides is 1. The zero-order chi connectivity index (χ0) is 17.2. The molecule has 3 N–H and O–H groups in total. The van der Waals surface area contributed by atoms with Crippen molar-refractivity contribution in [2.45, 2.75) is 37.8 Å². The van der Waals surface area contributed by atoms with E-state index in [-0.39, 0.29) is 35.3 Å². The van der Waals surface area contributed by atoms with E-state index in [1.165, 1.54) is 0 Å². The number of carboxylic acid groups (broad SMARTS) is 1. The molecular formula is C14H18N4O4S. The van der Waals surface area contributed by atoms with Gasteiger partial charge in [-0.3, -0.25) is 14.4 Å². The van der Waals surface area contributed by atoms with Gasteiger partial charge in [-0.2, -0.15) is 5.26 Å². The molecule has 1 heterocycles. The number of nitrogens with one attached hydrogen (secondary N) is 2. The molecule has 0 fully saturated rings. The van der Waals surface area contributed by atoms with Gasteiger partial charge in [0.1, 0.15) is 11.6 Å². The van der Waals surface area contributed by atoms with E-state index in [1.807, 2.05) is 13.0 Å². The summed E-state index contributed by atoms with van der Waals surface area (Å²) in [4.78, 5) is 40.5. The second-order valence-electron chi connectivity index (χ2n) is 4.69. The molecule has 0 aliphatic rings. The highest BCUT2D eigenvalue weighted by atomic mass is 32.2. The van der Waals surface area contributed by atoms with Gasteiger partial charge in [0.15, 0.2) is 5.16 Å². The fourth-order valence-corrected chi connectivity index (χ4v) is 2.46. The molecule has 0 aromatic carbocycles. The molecule has 0 saturated carbocycles. The Hall–Kier alpha value is -2.34. The van der Waals surface area contributed by atoms with Gasteiger partial charge in [0.2, 0.25) is 5.91 Å². The maximum Gasteiger partial charge on any atom is 0.303 e. The molecule has 0 aliphatic heterocycles. The van der Waals surface area contributed by atoms with Crippen LogP contribution in [0.15, 0.2) is 9.95 Å². The maximum absolute atomic E-state index is 11.8. The highest BCUT2D eigenvalue weighted by molar-refractivity contribution is 7.99. The van der Waals surface area contributed by atoms with E-state index >= 15 is 0 Å². The SMILES string of the molecule is CCCc1nc(SCC(=O)NCCCC(=O)O)[nH]c(=O)c1C#N. The summed E-state index contributed by atoms with van der Waals surface area (Å²) in [6.45, 7) is 2.20. The molecule has 0 unspecified atom stereocenters. The Morgan fingerprint density at radius 2 is 2.22 bits per heavy atom. The summed E-state index contributed by atoms with van der Waals surface area (Å²) in [5, 5.41) is 20.3. The van der Waals surface area contributed by atoms with Gasteiger partial charge in [-0.15, -0.1) is 0 Å². The first-order valence-electron chi connectivity index (χ1n) is 7.12. The number of H-pyrrole nitrogens is 1. The third-order valence-electron chi connectivity index (χ3n) is 2.80. The van der Waals surface area contributed by atoms with E-state index in [0.717, 1.165) is 18.2 Å². The van der Waals surface area contributed by atoms with Crippen molar-refractivity contribution in [3.8, 4) is 6.07 Å². The Bertz CT molecular complexity index is 666. The topological polar surface area (TPSA) is 136 Å². The number of hydrogen-bond acceptors (Lipinski definition) is 6. The van der Waals surface area contributed by atoms with Crippen LogP contribution in [0.1, 0.15) is 37.4 Å². The molecule has 0 spiro atoms. The van der Waals surface area contributed by atoms with Crippen molar-refractivity contribution in [2.24, 2.45) is 0 Å². The van der Waals surface area contributed by atoms with E-state index in [9.17, 15) is 14.4 Å². The highest BCUT2D eigenvalue weighted by Crippen LogP contribution is 2.13. The zero-order valence-electron chi connectivity index (χ0n) is 12.7. The van der Waals surface area contributed by atoms with Gasteiger partial charge in [0.25, 0.3) is 5.56 Å². The van der Waals surface area contributed by atoms with Crippen LogP contribution in [0.3, 0.4) is 0 Å². The second-order valence-corrected chi connectivity index (χ2v) is 5.65. The van der Waals surface area contributed by atoms with Crippen molar-refractivity contribution in [3.63, 3.8) is 0 Å². The van der Waals surface area contributed by atoms with Crippen LogP contribution >= 0.6 is 11.8 Å². The molecule has 0 radical (unpaired) electrons. The molecule has 0 saturated heterocycles. The second kappa shape index (κ2) is 9.63. The number of nitriles is 1. The van der Waals surface area contributed by atoms with Crippen molar-refractivity contribution < 1.29 is 14.7 Å². The zero-order valence-corrected chi connectivity index (χ0v) is 13.5. The molecule has 1 amide bonds. The number of rotatable bonds is 9. The van der Waals surface area contributed by atoms with Gasteiger partial charge in [0.05, 0.1) is 11.4 Å². The van der Waals surface area contributed by atoms with Crippen LogP contribution < -0.4 is 10.9 Å². The van der Waals surface area contributed by atoms with E-state index < -0.39 is 11.5 Å². The Morgan fingerprint density at radius 1 is 1.48 bits per heavy atom. The number of thioether (sulfide) groups is 1. The maximum atomic E-state index is 11.8. The monoisotopic (exact) mass is 338 g/mol. The summed E-state index contributed by atoms with van der Waals surface area (Å²) < 4.78 is 0. The Balaban J connectivity index is 2.57. The van der Waals surface area contributed by atoms with Crippen LogP contribution in [0.2, 0.25) is 0 Å². The summed E-state index contributed by atoms with van der Waals surface area (Å²) in [5.41, 5.74) is -0.0623. The van der Waals surface area contributed by atoms with E-state index in [2.05, 4.69) is 15.3 Å². The lowest BCUT2D eigenvalue weighted by molar-refractivity contribution is -0.137. The fraction of sp³-hybridized carbons (Fsp3) is 0.500. The molecule has 1 aromatic rings. The summed E-state index contributed by atoms with van der Waals surface area (Å²) in [7, 11) is 0. The number of aromatic amines is 1. The number of aliphatic carboxylic acids is 1. The fourth-order valence-electron chi connectivity index (χ4n) is 1.75. The average Bonchev–Trinajstić information content (AvgIpc) is 2.49. The first-order valence-corrected chi connectivity index (χ1v) is 8.11. The van der Waals surface area contributed by atoms with Gasteiger partial charge in [-0.25, -0.2) is 4.98 Å². The number of aromatic nitrogens is 2. The third kappa shape index (κ3) is 6.52. The van der Waals surface area contributed by atoms with Crippen molar-refractivity contribution in [1.82, 2.24) is 15.3 Å². The molecule has 0 aliphatic carbocycles. The average molecular weight is 338 g/mol. The predicted molar refractivity (Wildman–Crippen MR) is 84.2 cm³/mol. The van der Waals surface area contributed by atoms with Gasteiger partial charge in [0, 0.05) is 13.0 Å². The number of carbonyl (C=O) groups excluding carboxylic acids is 1. The number of nitrogens with zero attached hydrogens (tertiary/aromatic N) is 2. The smallest absolute Gasteiger partial charge is 0.303 e. The number of aryl methyl sites for hydroxylation is 1. The molecule has 1 rings (SSSR count). The Kier molecular flexibility index (Phi) is 7.83. The molecule has 9 heteroatoms. The number of hydrogen-bond donors (Lipinski definition) is 3. The van der Waals surface area contributed by atoms with Gasteiger partial charge < -0.3 is 15.4 Å². The summed E-state index contributed by atoms with van der Waals surface area (Å²) in [5.74, 6) is -1.13. The minimum Gasteiger partial charge on any atom is -0.481 e. The van der Waals surface area contributed by atoms with Crippen molar-refractivity contribution in [3.05, 3.63) is 21.6 Å². The molecule has 1 aromatic heterocycles. The van der Waals surface area contributed by atoms with Crippen molar-refractivity contribution >= 4 is 23.6 Å². The van der Waals surface area contributed by atoms with Crippen LogP contribution in [-0.2, 0) is 16.0 Å². The molecule has 0 bridgehead atoms. The van der Waals surface area contributed by atoms with Crippen LogP contribution in [0.25, 0.3) is 0 Å². The summed E-state index contributed by atoms with van der Waals surface area (Å²) in [6.07, 6.45) is 1.62. The van der Waals surface area contributed by atoms with Gasteiger partial charge >= 0.3 is 5.97 Å². The van der Waals surface area contributed by atoms with E-state index in [1.54, 1.807) is 0 Å².